The fraction of sp³-hybridized carbons (Fsp3) is 0.200. The number of rotatable bonds is 6. The molecule has 0 aliphatic carbocycles. The van der Waals surface area contributed by atoms with E-state index in [2.05, 4.69) is 9.97 Å². The molecule has 3 rings (SSSR count). The zero-order chi connectivity index (χ0) is 16.8. The van der Waals surface area contributed by atoms with Crippen molar-refractivity contribution in [3.63, 3.8) is 0 Å². The first kappa shape index (κ1) is 16.3. The van der Waals surface area contributed by atoms with Crippen LogP contribution in [0.5, 0.6) is 0 Å². The van der Waals surface area contributed by atoms with Crippen LogP contribution in [-0.2, 0) is 12.8 Å². The summed E-state index contributed by atoms with van der Waals surface area (Å²) in [6, 6.07) is 15.8. The second-order valence-electron chi connectivity index (χ2n) is 5.55. The lowest BCUT2D eigenvalue weighted by Gasteiger charge is -2.10. The fourth-order valence-corrected chi connectivity index (χ4v) is 2.82. The van der Waals surface area contributed by atoms with E-state index in [9.17, 15) is 10.2 Å². The Labute approximate surface area is 141 Å². The molecule has 4 nitrogen and oxygen atoms in total. The van der Waals surface area contributed by atoms with Gasteiger partial charge in [-0.25, -0.2) is 0 Å². The van der Waals surface area contributed by atoms with E-state index in [0.29, 0.717) is 12.8 Å². The van der Waals surface area contributed by atoms with Gasteiger partial charge in [-0.1, -0.05) is 48.5 Å². The molecule has 1 aromatic heterocycles. The smallest absolute Gasteiger partial charge is 0.0888 e. The third-order valence-corrected chi connectivity index (χ3v) is 4.00. The largest absolute Gasteiger partial charge is 0.396 e. The van der Waals surface area contributed by atoms with E-state index < -0.39 is 0 Å². The van der Waals surface area contributed by atoms with Gasteiger partial charge < -0.3 is 10.2 Å². The molecule has 0 bridgehead atoms. The molecule has 0 saturated carbocycles. The zero-order valence-corrected chi connectivity index (χ0v) is 13.4. The number of aromatic nitrogens is 2. The third kappa shape index (κ3) is 3.50. The Bertz CT molecular complexity index is 732. The highest BCUT2D eigenvalue weighted by atomic mass is 16.3. The summed E-state index contributed by atoms with van der Waals surface area (Å²) in [5, 5.41) is 18.4. The first-order chi connectivity index (χ1) is 11.8. The highest BCUT2D eigenvalue weighted by molar-refractivity contribution is 5.67. The Morgan fingerprint density at radius 3 is 1.42 bits per heavy atom. The molecule has 0 saturated heterocycles. The van der Waals surface area contributed by atoms with E-state index >= 15 is 0 Å². The lowest BCUT2D eigenvalue weighted by molar-refractivity contribution is 0.299. The summed E-state index contributed by atoms with van der Waals surface area (Å²) in [7, 11) is 0. The van der Waals surface area contributed by atoms with E-state index in [4.69, 9.17) is 0 Å². The molecular weight excluding hydrogens is 300 g/mol. The monoisotopic (exact) mass is 320 g/mol. The van der Waals surface area contributed by atoms with Crippen molar-refractivity contribution in [3.05, 3.63) is 72.1 Å². The van der Waals surface area contributed by atoms with Gasteiger partial charge >= 0.3 is 0 Å². The van der Waals surface area contributed by atoms with E-state index in [0.717, 1.165) is 33.6 Å². The van der Waals surface area contributed by atoms with Crippen LogP contribution in [0.25, 0.3) is 22.5 Å². The van der Waals surface area contributed by atoms with Crippen LogP contribution in [0, 0.1) is 0 Å². The summed E-state index contributed by atoms with van der Waals surface area (Å²) in [5.41, 5.74) is 5.69. The Morgan fingerprint density at radius 2 is 1.04 bits per heavy atom. The summed E-state index contributed by atoms with van der Waals surface area (Å²) in [6.07, 6.45) is 4.72. The molecule has 0 amide bonds. The van der Waals surface area contributed by atoms with Crippen LogP contribution in [0.1, 0.15) is 11.1 Å². The number of hydrogen-bond donors (Lipinski definition) is 2. The summed E-state index contributed by atoms with van der Waals surface area (Å²) in [6.45, 7) is 0.216. The lowest BCUT2D eigenvalue weighted by atomic mass is 10.0. The van der Waals surface area contributed by atoms with Gasteiger partial charge in [0.15, 0.2) is 0 Å². The second-order valence-corrected chi connectivity index (χ2v) is 5.55. The molecule has 0 aliphatic rings. The number of benzene rings is 2. The van der Waals surface area contributed by atoms with Gasteiger partial charge in [0.25, 0.3) is 0 Å². The topological polar surface area (TPSA) is 66.2 Å². The standard InChI is InChI=1S/C20H20N2O2/c23-11-9-15-5-1-3-7-17(15)19-13-22-20(14-21-19)18-8-4-2-6-16(18)10-12-24/h1-8,13-14,23-24H,9-12H2. The maximum atomic E-state index is 9.21. The van der Waals surface area contributed by atoms with Crippen molar-refractivity contribution in [2.24, 2.45) is 0 Å². The minimum atomic E-state index is 0.108. The predicted molar refractivity (Wildman–Crippen MR) is 94.5 cm³/mol. The Balaban J connectivity index is 1.95. The molecular formula is C20H20N2O2. The van der Waals surface area contributed by atoms with E-state index in [1.54, 1.807) is 12.4 Å². The number of hydrogen-bond acceptors (Lipinski definition) is 4. The van der Waals surface area contributed by atoms with Gasteiger partial charge in [0, 0.05) is 24.3 Å². The molecule has 2 aromatic carbocycles. The molecule has 122 valence electrons. The molecule has 24 heavy (non-hydrogen) atoms. The molecule has 4 heteroatoms. The maximum Gasteiger partial charge on any atom is 0.0888 e. The summed E-state index contributed by atoms with van der Waals surface area (Å²) >= 11 is 0. The van der Waals surface area contributed by atoms with Crippen LogP contribution in [0.3, 0.4) is 0 Å². The minimum absolute atomic E-state index is 0.108. The molecule has 0 atom stereocenters. The molecule has 0 unspecified atom stereocenters. The minimum Gasteiger partial charge on any atom is -0.396 e. The van der Waals surface area contributed by atoms with Crippen molar-refractivity contribution >= 4 is 0 Å². The molecule has 0 spiro atoms. The second kappa shape index (κ2) is 7.81. The van der Waals surface area contributed by atoms with Crippen molar-refractivity contribution < 1.29 is 10.2 Å². The normalized spacial score (nSPS) is 10.8. The van der Waals surface area contributed by atoms with Gasteiger partial charge in [-0.2, -0.15) is 0 Å². The fourth-order valence-electron chi connectivity index (χ4n) is 2.82. The zero-order valence-electron chi connectivity index (χ0n) is 13.4. The number of aliphatic hydroxyl groups is 2. The van der Waals surface area contributed by atoms with Crippen LogP contribution >= 0.6 is 0 Å². The van der Waals surface area contributed by atoms with Crippen LogP contribution in [0.2, 0.25) is 0 Å². The Kier molecular flexibility index (Phi) is 5.31. The highest BCUT2D eigenvalue weighted by Crippen LogP contribution is 2.25. The quantitative estimate of drug-likeness (QED) is 0.733. The molecule has 0 aliphatic heterocycles. The average Bonchev–Trinajstić information content (AvgIpc) is 2.64. The number of aliphatic hydroxyl groups excluding tert-OH is 2. The SMILES string of the molecule is OCCc1ccccc1-c1cnc(-c2ccccc2CCO)cn1. The van der Waals surface area contributed by atoms with E-state index in [1.165, 1.54) is 0 Å². The number of nitrogens with zero attached hydrogens (tertiary/aromatic N) is 2. The molecule has 0 radical (unpaired) electrons. The van der Waals surface area contributed by atoms with Gasteiger partial charge in [0.2, 0.25) is 0 Å². The van der Waals surface area contributed by atoms with Gasteiger partial charge in [-0.05, 0) is 24.0 Å². The molecule has 1 heterocycles. The van der Waals surface area contributed by atoms with Crippen molar-refractivity contribution in [2.45, 2.75) is 12.8 Å². The highest BCUT2D eigenvalue weighted by Gasteiger charge is 2.09. The van der Waals surface area contributed by atoms with E-state index in [-0.39, 0.29) is 13.2 Å². The maximum absolute atomic E-state index is 9.21. The lowest BCUT2D eigenvalue weighted by Crippen LogP contribution is -1.98. The van der Waals surface area contributed by atoms with Crippen molar-refractivity contribution in [1.82, 2.24) is 9.97 Å². The Hall–Kier alpha value is -2.56. The summed E-state index contributed by atoms with van der Waals surface area (Å²) in [4.78, 5) is 9.13. The van der Waals surface area contributed by atoms with Gasteiger partial charge in [0.05, 0.1) is 23.8 Å². The van der Waals surface area contributed by atoms with Crippen molar-refractivity contribution in [3.8, 4) is 22.5 Å². The van der Waals surface area contributed by atoms with Crippen LogP contribution in [0.15, 0.2) is 60.9 Å². The van der Waals surface area contributed by atoms with Crippen molar-refractivity contribution in [1.29, 1.82) is 0 Å². The third-order valence-electron chi connectivity index (χ3n) is 4.00. The summed E-state index contributed by atoms with van der Waals surface area (Å²) in [5.74, 6) is 0. The molecule has 2 N–H and O–H groups in total. The predicted octanol–water partition coefficient (Wildman–Crippen LogP) is 2.88. The first-order valence-corrected chi connectivity index (χ1v) is 8.04. The van der Waals surface area contributed by atoms with Crippen LogP contribution < -0.4 is 0 Å². The summed E-state index contributed by atoms with van der Waals surface area (Å²) < 4.78 is 0. The van der Waals surface area contributed by atoms with Gasteiger partial charge in [-0.3, -0.25) is 9.97 Å². The Morgan fingerprint density at radius 1 is 0.625 bits per heavy atom. The van der Waals surface area contributed by atoms with Gasteiger partial charge in [-0.15, -0.1) is 0 Å². The molecule has 0 fully saturated rings. The van der Waals surface area contributed by atoms with Gasteiger partial charge in [0.1, 0.15) is 0 Å². The first-order valence-electron chi connectivity index (χ1n) is 8.04. The van der Waals surface area contributed by atoms with Crippen molar-refractivity contribution in [2.75, 3.05) is 13.2 Å². The molecule has 3 aromatic rings. The van der Waals surface area contributed by atoms with Crippen LogP contribution in [0.4, 0.5) is 0 Å². The van der Waals surface area contributed by atoms with E-state index in [1.807, 2.05) is 48.5 Å². The average molecular weight is 320 g/mol. The van der Waals surface area contributed by atoms with Crippen LogP contribution in [-0.4, -0.2) is 33.4 Å².